The van der Waals surface area contributed by atoms with E-state index in [1.165, 1.54) is 0 Å². The lowest BCUT2D eigenvalue weighted by molar-refractivity contribution is -0.130. The van der Waals surface area contributed by atoms with E-state index >= 15 is 0 Å². The lowest BCUT2D eigenvalue weighted by atomic mass is 10.1. The van der Waals surface area contributed by atoms with Crippen LogP contribution < -0.4 is 5.32 Å². The number of carbonyl (C=O) groups excluding carboxylic acids is 2. The second-order valence-corrected chi connectivity index (χ2v) is 9.49. The number of amides is 2. The van der Waals surface area contributed by atoms with E-state index < -0.39 is 16.1 Å². The van der Waals surface area contributed by atoms with E-state index in [0.29, 0.717) is 31.0 Å². The van der Waals surface area contributed by atoms with E-state index in [0.717, 1.165) is 9.87 Å². The summed E-state index contributed by atoms with van der Waals surface area (Å²) in [4.78, 5) is 27.0. The molecule has 2 aliphatic heterocycles. The highest BCUT2D eigenvalue weighted by Crippen LogP contribution is 2.25. The molecule has 1 aromatic rings. The number of sulfonamides is 1. The molecule has 2 amide bonds. The van der Waals surface area contributed by atoms with Crippen LogP contribution in [0.1, 0.15) is 25.3 Å². The van der Waals surface area contributed by atoms with Crippen molar-refractivity contribution in [3.63, 3.8) is 0 Å². The molecule has 0 aromatic heterocycles. The van der Waals surface area contributed by atoms with Gasteiger partial charge in [0, 0.05) is 30.7 Å². The van der Waals surface area contributed by atoms with Crippen LogP contribution in [0.5, 0.6) is 0 Å². The van der Waals surface area contributed by atoms with E-state index in [1.54, 1.807) is 24.3 Å². The molecule has 1 aromatic carbocycles. The Morgan fingerprint density at radius 3 is 2.67 bits per heavy atom. The average molecular weight is 414 g/mol. The Hall–Kier alpha value is -1.64. The first-order valence-electron chi connectivity index (χ1n) is 9.12. The number of nitrogens with one attached hydrogen (secondary N) is 1. The molecular formula is C18H24ClN3O4S. The fourth-order valence-electron chi connectivity index (χ4n) is 3.68. The van der Waals surface area contributed by atoms with Gasteiger partial charge >= 0.3 is 0 Å². The summed E-state index contributed by atoms with van der Waals surface area (Å²) in [5, 5.41) is 3.59. The molecule has 0 unspecified atom stereocenters. The van der Waals surface area contributed by atoms with Gasteiger partial charge in [0.15, 0.2) is 0 Å². The maximum Gasteiger partial charge on any atom is 0.253 e. The number of fused-ring (bicyclic) bond motifs is 1. The predicted molar refractivity (Wildman–Crippen MR) is 103 cm³/mol. The fourth-order valence-corrected chi connectivity index (χ4v) is 5.35. The molecule has 2 atom stereocenters. The summed E-state index contributed by atoms with van der Waals surface area (Å²) < 4.78 is 25.7. The molecule has 0 spiro atoms. The third kappa shape index (κ3) is 4.62. The van der Waals surface area contributed by atoms with Gasteiger partial charge in [0.25, 0.3) is 5.91 Å². The summed E-state index contributed by atoms with van der Waals surface area (Å²) in [6.45, 7) is 2.85. The van der Waals surface area contributed by atoms with E-state index in [1.807, 2.05) is 11.8 Å². The molecule has 0 aliphatic carbocycles. The van der Waals surface area contributed by atoms with Gasteiger partial charge in [-0.3, -0.25) is 14.5 Å². The molecule has 0 bridgehead atoms. The predicted octanol–water partition coefficient (Wildman–Crippen LogP) is 1.02. The summed E-state index contributed by atoms with van der Waals surface area (Å²) in [5.41, 5.74) is 0.862. The molecule has 2 fully saturated rings. The topological polar surface area (TPSA) is 86.8 Å². The SMILES string of the molecule is CCCN1C(=O)[C@@H]2C[C@H](NC(=O)Cc3ccc(Cl)cc3)CN2CCS1(=O)=O. The maximum atomic E-state index is 12.8. The van der Waals surface area contributed by atoms with Gasteiger partial charge in [0.2, 0.25) is 15.9 Å². The van der Waals surface area contributed by atoms with Gasteiger partial charge in [-0.25, -0.2) is 12.7 Å². The fraction of sp³-hybridized carbons (Fsp3) is 0.556. The lowest BCUT2D eigenvalue weighted by Gasteiger charge is -2.23. The number of nitrogens with zero attached hydrogens (tertiary/aromatic N) is 2. The Balaban J connectivity index is 1.63. The van der Waals surface area contributed by atoms with Crippen LogP contribution in [0.25, 0.3) is 0 Å². The molecule has 0 saturated carbocycles. The summed E-state index contributed by atoms with van der Waals surface area (Å²) >= 11 is 5.85. The van der Waals surface area contributed by atoms with Gasteiger partial charge in [-0.05, 0) is 30.5 Å². The minimum Gasteiger partial charge on any atom is -0.352 e. The largest absolute Gasteiger partial charge is 0.352 e. The van der Waals surface area contributed by atoms with Crippen molar-refractivity contribution in [1.82, 2.24) is 14.5 Å². The number of halogens is 1. The maximum absolute atomic E-state index is 12.8. The Morgan fingerprint density at radius 1 is 1.30 bits per heavy atom. The quantitative estimate of drug-likeness (QED) is 0.778. The molecule has 9 heteroatoms. The van der Waals surface area contributed by atoms with E-state index in [-0.39, 0.29) is 36.6 Å². The van der Waals surface area contributed by atoms with Crippen molar-refractivity contribution in [1.29, 1.82) is 0 Å². The normalized spacial score (nSPS) is 25.1. The van der Waals surface area contributed by atoms with E-state index in [2.05, 4.69) is 5.32 Å². The van der Waals surface area contributed by atoms with Gasteiger partial charge in [0.1, 0.15) is 0 Å². The van der Waals surface area contributed by atoms with Crippen molar-refractivity contribution >= 4 is 33.4 Å². The van der Waals surface area contributed by atoms with Crippen LogP contribution in [0.4, 0.5) is 0 Å². The van der Waals surface area contributed by atoms with Crippen molar-refractivity contribution in [2.24, 2.45) is 0 Å². The van der Waals surface area contributed by atoms with Crippen LogP contribution in [0.2, 0.25) is 5.02 Å². The molecule has 2 aliphatic rings. The first-order chi connectivity index (χ1) is 12.8. The number of hydrogen-bond donors (Lipinski definition) is 1. The monoisotopic (exact) mass is 413 g/mol. The minimum absolute atomic E-state index is 0.0688. The Bertz CT molecular complexity index is 812. The zero-order valence-corrected chi connectivity index (χ0v) is 16.8. The molecule has 2 heterocycles. The Morgan fingerprint density at radius 2 is 2.00 bits per heavy atom. The highest BCUT2D eigenvalue weighted by molar-refractivity contribution is 7.89. The third-order valence-corrected chi connectivity index (χ3v) is 6.96. The van der Waals surface area contributed by atoms with Crippen LogP contribution in [-0.4, -0.2) is 66.9 Å². The first-order valence-corrected chi connectivity index (χ1v) is 11.1. The van der Waals surface area contributed by atoms with Crippen LogP contribution in [-0.2, 0) is 26.0 Å². The van der Waals surface area contributed by atoms with E-state index in [4.69, 9.17) is 11.6 Å². The zero-order valence-electron chi connectivity index (χ0n) is 15.2. The summed E-state index contributed by atoms with van der Waals surface area (Å²) in [6.07, 6.45) is 1.25. The van der Waals surface area contributed by atoms with Crippen LogP contribution in [0.15, 0.2) is 24.3 Å². The molecule has 148 valence electrons. The second-order valence-electron chi connectivity index (χ2n) is 7.04. The van der Waals surface area contributed by atoms with Crippen molar-refractivity contribution < 1.29 is 18.0 Å². The smallest absolute Gasteiger partial charge is 0.253 e. The lowest BCUT2D eigenvalue weighted by Crippen LogP contribution is -2.44. The van der Waals surface area contributed by atoms with Crippen molar-refractivity contribution in [3.05, 3.63) is 34.9 Å². The highest BCUT2D eigenvalue weighted by atomic mass is 35.5. The minimum atomic E-state index is -3.55. The summed E-state index contributed by atoms with van der Waals surface area (Å²) in [7, 11) is -3.55. The Labute approximate surface area is 164 Å². The molecular weight excluding hydrogens is 390 g/mol. The second kappa shape index (κ2) is 8.16. The van der Waals surface area contributed by atoms with Gasteiger partial charge in [-0.2, -0.15) is 0 Å². The molecule has 0 radical (unpaired) electrons. The highest BCUT2D eigenvalue weighted by Gasteiger charge is 2.44. The van der Waals surface area contributed by atoms with Crippen molar-refractivity contribution in [2.75, 3.05) is 25.4 Å². The van der Waals surface area contributed by atoms with Crippen molar-refractivity contribution in [3.8, 4) is 0 Å². The van der Waals surface area contributed by atoms with Gasteiger partial charge < -0.3 is 5.32 Å². The van der Waals surface area contributed by atoms with Gasteiger partial charge in [-0.1, -0.05) is 30.7 Å². The van der Waals surface area contributed by atoms with Gasteiger partial charge in [-0.15, -0.1) is 0 Å². The first kappa shape index (κ1) is 20.1. The van der Waals surface area contributed by atoms with Crippen LogP contribution >= 0.6 is 11.6 Å². The van der Waals surface area contributed by atoms with Crippen LogP contribution in [0.3, 0.4) is 0 Å². The summed E-state index contributed by atoms with van der Waals surface area (Å²) in [5.74, 6) is -0.560. The van der Waals surface area contributed by atoms with Crippen LogP contribution in [0, 0.1) is 0 Å². The van der Waals surface area contributed by atoms with Crippen molar-refractivity contribution in [2.45, 2.75) is 38.3 Å². The zero-order chi connectivity index (χ0) is 19.6. The van der Waals surface area contributed by atoms with Gasteiger partial charge in [0.05, 0.1) is 18.2 Å². The van der Waals surface area contributed by atoms with E-state index in [9.17, 15) is 18.0 Å². The molecule has 27 heavy (non-hydrogen) atoms. The number of benzene rings is 1. The molecule has 2 saturated heterocycles. The standard InChI is InChI=1S/C18H24ClN3O4S/c1-2-7-22-18(24)16-11-15(12-21(16)8-9-27(22,25)26)20-17(23)10-13-3-5-14(19)6-4-13/h3-6,15-16H,2,7-12H2,1H3,(H,20,23)/t15-,16-/m0/s1. The summed E-state index contributed by atoms with van der Waals surface area (Å²) in [6, 6.07) is 6.44. The molecule has 3 rings (SSSR count). The number of carbonyl (C=O) groups is 2. The molecule has 1 N–H and O–H groups in total. The number of hydrogen-bond acceptors (Lipinski definition) is 5. The molecule has 7 nitrogen and oxygen atoms in total. The number of rotatable bonds is 5. The average Bonchev–Trinajstić information content (AvgIpc) is 2.98. The third-order valence-electron chi connectivity index (χ3n) is 4.98. The Kier molecular flexibility index (Phi) is 6.08.